The number of hydrogen-bond donors (Lipinski definition) is 1. The summed E-state index contributed by atoms with van der Waals surface area (Å²) in [6, 6.07) is 15.7. The van der Waals surface area contributed by atoms with E-state index in [9.17, 15) is 0 Å². The molecule has 0 saturated heterocycles. The van der Waals surface area contributed by atoms with E-state index in [-0.39, 0.29) is 0 Å². The maximum Gasteiger partial charge on any atom is 0.245 e. The van der Waals surface area contributed by atoms with Crippen LogP contribution in [0.15, 0.2) is 59.1 Å². The van der Waals surface area contributed by atoms with Crippen molar-refractivity contribution >= 4 is 11.6 Å². The number of aromatic amines is 1. The highest BCUT2D eigenvalue weighted by Crippen LogP contribution is 2.30. The van der Waals surface area contributed by atoms with E-state index < -0.39 is 0 Å². The Bertz CT molecular complexity index is 1150. The molecular weight excluding hydrogens is 410 g/mol. The molecule has 160 valence electrons. The Morgan fingerprint density at radius 2 is 1.87 bits per heavy atom. The number of nitrogens with one attached hydrogen (secondary N) is 1. The van der Waals surface area contributed by atoms with Crippen LogP contribution in [0.1, 0.15) is 43.3 Å². The minimum atomic E-state index is 0.303. The summed E-state index contributed by atoms with van der Waals surface area (Å²) < 4.78 is 12.1. The first-order valence-electron chi connectivity index (χ1n) is 10.5. The number of imidazole rings is 1. The number of H-pyrrole nitrogens is 1. The third kappa shape index (κ3) is 5.00. The molecule has 0 atom stereocenters. The number of para-hydroxylation sites is 1. The second kappa shape index (κ2) is 9.40. The van der Waals surface area contributed by atoms with Crippen LogP contribution >= 0.6 is 11.6 Å². The Kier molecular flexibility index (Phi) is 6.42. The Balaban J connectivity index is 1.54. The lowest BCUT2D eigenvalue weighted by Crippen LogP contribution is -2.00. The minimum absolute atomic E-state index is 0.303. The summed E-state index contributed by atoms with van der Waals surface area (Å²) in [6.07, 6.45) is 3.30. The molecule has 0 aliphatic heterocycles. The summed E-state index contributed by atoms with van der Waals surface area (Å²) in [5.74, 6) is 3.50. The summed E-state index contributed by atoms with van der Waals surface area (Å²) in [5.41, 5.74) is 3.70. The van der Waals surface area contributed by atoms with Crippen molar-refractivity contribution in [3.05, 3.63) is 76.9 Å². The van der Waals surface area contributed by atoms with Crippen molar-refractivity contribution in [1.82, 2.24) is 15.0 Å². The van der Waals surface area contributed by atoms with Crippen molar-refractivity contribution in [2.45, 2.75) is 39.5 Å². The Morgan fingerprint density at radius 1 is 1.10 bits per heavy atom. The van der Waals surface area contributed by atoms with Crippen LogP contribution in [0.3, 0.4) is 0 Å². The zero-order valence-electron chi connectivity index (χ0n) is 18.0. The third-order valence-corrected chi connectivity index (χ3v) is 5.34. The molecule has 0 bridgehead atoms. The fourth-order valence-corrected chi connectivity index (χ4v) is 3.47. The molecule has 0 amide bonds. The first-order valence-corrected chi connectivity index (χ1v) is 10.9. The second-order valence-electron chi connectivity index (χ2n) is 7.85. The molecule has 6 heteroatoms. The van der Waals surface area contributed by atoms with Gasteiger partial charge in [-0.05, 0) is 37.1 Å². The van der Waals surface area contributed by atoms with Crippen molar-refractivity contribution in [3.63, 3.8) is 0 Å². The van der Waals surface area contributed by atoms with Crippen LogP contribution < -0.4 is 4.74 Å². The van der Waals surface area contributed by atoms with Gasteiger partial charge in [-0.25, -0.2) is 9.97 Å². The fourth-order valence-electron chi connectivity index (χ4n) is 3.34. The van der Waals surface area contributed by atoms with Crippen molar-refractivity contribution in [2.24, 2.45) is 0 Å². The van der Waals surface area contributed by atoms with Crippen molar-refractivity contribution in [3.8, 4) is 28.6 Å². The number of halogens is 1. The Hall–Kier alpha value is -3.05. The lowest BCUT2D eigenvalue weighted by molar-refractivity contribution is 0.304. The highest BCUT2D eigenvalue weighted by molar-refractivity contribution is 6.30. The molecule has 0 radical (unpaired) electrons. The highest BCUT2D eigenvalue weighted by atomic mass is 35.5. The monoisotopic (exact) mass is 435 g/mol. The molecule has 1 N–H and O–H groups in total. The molecule has 0 aliphatic rings. The van der Waals surface area contributed by atoms with E-state index >= 15 is 0 Å². The molecular formula is C25H26ClN3O2. The van der Waals surface area contributed by atoms with Gasteiger partial charge in [-0.3, -0.25) is 0 Å². The second-order valence-corrected chi connectivity index (χ2v) is 8.29. The lowest BCUT2D eigenvalue weighted by Gasteiger charge is -2.08. The van der Waals surface area contributed by atoms with E-state index in [0.29, 0.717) is 29.9 Å². The van der Waals surface area contributed by atoms with Crippen LogP contribution in [0.2, 0.25) is 5.02 Å². The predicted molar refractivity (Wildman–Crippen MR) is 124 cm³/mol. The van der Waals surface area contributed by atoms with Gasteiger partial charge in [0, 0.05) is 22.9 Å². The quantitative estimate of drug-likeness (QED) is 0.308. The lowest BCUT2D eigenvalue weighted by atomic mass is 10.1. The van der Waals surface area contributed by atoms with Crippen LogP contribution in [0.4, 0.5) is 0 Å². The highest BCUT2D eigenvalue weighted by Gasteiger charge is 2.18. The van der Waals surface area contributed by atoms with Gasteiger partial charge in [0.05, 0.1) is 12.8 Å². The molecule has 0 saturated carbocycles. The molecule has 2 heterocycles. The SMILES string of the molecule is Cc1ccccc1OCCCc1oc(-c2cnc(C(C)C)[nH]2)nc1-c1ccc(Cl)cc1. The zero-order chi connectivity index (χ0) is 21.8. The summed E-state index contributed by atoms with van der Waals surface area (Å²) in [6.45, 7) is 6.84. The van der Waals surface area contributed by atoms with Gasteiger partial charge in [-0.1, -0.05) is 55.8 Å². The van der Waals surface area contributed by atoms with Gasteiger partial charge in [0.25, 0.3) is 0 Å². The van der Waals surface area contributed by atoms with E-state index in [1.807, 2.05) is 55.5 Å². The normalized spacial score (nSPS) is 11.3. The van der Waals surface area contributed by atoms with Gasteiger partial charge in [0.15, 0.2) is 0 Å². The number of nitrogens with zero attached hydrogens (tertiary/aromatic N) is 2. The third-order valence-electron chi connectivity index (χ3n) is 5.09. The number of hydrogen-bond acceptors (Lipinski definition) is 4. The number of ether oxygens (including phenoxy) is 1. The largest absolute Gasteiger partial charge is 0.493 e. The molecule has 5 nitrogen and oxygen atoms in total. The molecule has 0 aliphatic carbocycles. The maximum atomic E-state index is 6.18. The molecule has 31 heavy (non-hydrogen) atoms. The molecule has 4 aromatic rings. The summed E-state index contributed by atoms with van der Waals surface area (Å²) in [5, 5.41) is 0.691. The van der Waals surface area contributed by atoms with E-state index in [4.69, 9.17) is 25.7 Å². The van der Waals surface area contributed by atoms with E-state index in [1.165, 1.54) is 0 Å². The van der Waals surface area contributed by atoms with Gasteiger partial charge in [-0.2, -0.15) is 0 Å². The Morgan fingerprint density at radius 3 is 2.58 bits per heavy atom. The van der Waals surface area contributed by atoms with E-state index in [2.05, 4.69) is 23.8 Å². The summed E-state index contributed by atoms with van der Waals surface area (Å²) in [4.78, 5) is 12.5. The van der Waals surface area contributed by atoms with Crippen LogP contribution in [0, 0.1) is 6.92 Å². The minimum Gasteiger partial charge on any atom is -0.493 e. The average molecular weight is 436 g/mol. The topological polar surface area (TPSA) is 63.9 Å². The number of rotatable bonds is 8. The average Bonchev–Trinajstić information content (AvgIpc) is 3.41. The summed E-state index contributed by atoms with van der Waals surface area (Å²) >= 11 is 6.07. The molecule has 0 spiro atoms. The van der Waals surface area contributed by atoms with E-state index in [0.717, 1.165) is 46.3 Å². The number of aromatic nitrogens is 3. The standard InChI is InChI=1S/C25H26ClN3O2/c1-16(2)24-27-15-20(28-24)25-29-23(18-10-12-19(26)13-11-18)22(31-25)9-6-14-30-21-8-5-4-7-17(21)3/h4-5,7-8,10-13,15-16H,6,9,14H2,1-3H3,(H,27,28). The number of benzene rings is 2. The van der Waals surface area contributed by atoms with Crippen LogP contribution in [0.5, 0.6) is 5.75 Å². The number of oxazole rings is 1. The van der Waals surface area contributed by atoms with Crippen LogP contribution in [-0.2, 0) is 6.42 Å². The smallest absolute Gasteiger partial charge is 0.245 e. The van der Waals surface area contributed by atoms with Gasteiger partial charge in [0.1, 0.15) is 28.7 Å². The van der Waals surface area contributed by atoms with Crippen LogP contribution in [-0.4, -0.2) is 21.6 Å². The molecule has 2 aromatic heterocycles. The van der Waals surface area contributed by atoms with Crippen LogP contribution in [0.25, 0.3) is 22.8 Å². The van der Waals surface area contributed by atoms with Gasteiger partial charge in [-0.15, -0.1) is 0 Å². The Labute approximate surface area is 187 Å². The fraction of sp³-hybridized carbons (Fsp3) is 0.280. The van der Waals surface area contributed by atoms with Gasteiger partial charge >= 0.3 is 0 Å². The van der Waals surface area contributed by atoms with Gasteiger partial charge in [0.2, 0.25) is 5.89 Å². The summed E-state index contributed by atoms with van der Waals surface area (Å²) in [7, 11) is 0. The van der Waals surface area contributed by atoms with Crippen molar-refractivity contribution < 1.29 is 9.15 Å². The molecule has 0 unspecified atom stereocenters. The maximum absolute atomic E-state index is 6.18. The molecule has 0 fully saturated rings. The first-order chi connectivity index (χ1) is 15.0. The van der Waals surface area contributed by atoms with Crippen molar-refractivity contribution in [2.75, 3.05) is 6.61 Å². The zero-order valence-corrected chi connectivity index (χ0v) is 18.7. The molecule has 4 rings (SSSR count). The molecule has 2 aromatic carbocycles. The van der Waals surface area contributed by atoms with E-state index in [1.54, 1.807) is 6.20 Å². The first kappa shape index (κ1) is 21.2. The number of aryl methyl sites for hydroxylation is 2. The van der Waals surface area contributed by atoms with Crippen molar-refractivity contribution in [1.29, 1.82) is 0 Å². The predicted octanol–water partition coefficient (Wildman–Crippen LogP) is 6.83. The van der Waals surface area contributed by atoms with Gasteiger partial charge < -0.3 is 14.1 Å².